The van der Waals surface area contributed by atoms with Crippen molar-refractivity contribution in [3.8, 4) is 11.3 Å². The third-order valence-corrected chi connectivity index (χ3v) is 6.98. The minimum atomic E-state index is -0.248. The monoisotopic (exact) mass is 525 g/mol. The molecule has 7 heteroatoms. The summed E-state index contributed by atoms with van der Waals surface area (Å²) in [6.07, 6.45) is 3.08. The minimum Gasteiger partial charge on any atom is -0.457 e. The predicted molar refractivity (Wildman–Crippen MR) is 153 cm³/mol. The molecule has 0 spiro atoms. The van der Waals surface area contributed by atoms with Gasteiger partial charge in [-0.25, -0.2) is 0 Å². The molecule has 5 rings (SSSR count). The van der Waals surface area contributed by atoms with Crippen LogP contribution in [-0.2, 0) is 4.79 Å². The minimum absolute atomic E-state index is 0.0710. The Morgan fingerprint density at radius 1 is 0.895 bits per heavy atom. The average molecular weight is 526 g/mol. The molecule has 2 heterocycles. The molecule has 1 fully saturated rings. The summed E-state index contributed by atoms with van der Waals surface area (Å²) in [4.78, 5) is 29.3. The number of aryl methyl sites for hydroxylation is 1. The van der Waals surface area contributed by atoms with Crippen molar-refractivity contribution >= 4 is 40.9 Å². The van der Waals surface area contributed by atoms with Gasteiger partial charge in [-0.15, -0.1) is 0 Å². The number of nitrogens with zero attached hydrogens (tertiary/aromatic N) is 2. The molecule has 4 aromatic rings. The zero-order valence-corrected chi connectivity index (χ0v) is 21.8. The summed E-state index contributed by atoms with van der Waals surface area (Å²) < 4.78 is 5.84. The van der Waals surface area contributed by atoms with Crippen molar-refractivity contribution in [3.63, 3.8) is 0 Å². The highest BCUT2D eigenvalue weighted by Crippen LogP contribution is 2.27. The topological polar surface area (TPSA) is 65.8 Å². The summed E-state index contributed by atoms with van der Waals surface area (Å²) in [6.45, 7) is 4.80. The fourth-order valence-electron chi connectivity index (χ4n) is 4.37. The van der Waals surface area contributed by atoms with Gasteiger partial charge in [0.2, 0.25) is 5.91 Å². The molecule has 2 amide bonds. The summed E-state index contributed by atoms with van der Waals surface area (Å²) in [5, 5.41) is 3.56. The van der Waals surface area contributed by atoms with E-state index in [0.717, 1.165) is 35.5 Å². The molecule has 1 N–H and O–H groups in total. The second-order valence-corrected chi connectivity index (χ2v) is 9.59. The molecule has 38 heavy (non-hydrogen) atoms. The lowest BCUT2D eigenvalue weighted by Gasteiger charge is -2.36. The number of amides is 2. The molecule has 1 aliphatic rings. The number of nitrogens with one attached hydrogen (secondary N) is 1. The van der Waals surface area contributed by atoms with Gasteiger partial charge in [-0.3, -0.25) is 9.59 Å². The average Bonchev–Trinajstić information content (AvgIpc) is 3.43. The van der Waals surface area contributed by atoms with Gasteiger partial charge < -0.3 is 19.5 Å². The van der Waals surface area contributed by atoms with Gasteiger partial charge in [-0.1, -0.05) is 41.9 Å². The lowest BCUT2D eigenvalue weighted by Crippen LogP contribution is -2.48. The zero-order valence-electron chi connectivity index (χ0n) is 21.1. The highest BCUT2D eigenvalue weighted by atomic mass is 35.5. The highest BCUT2D eigenvalue weighted by molar-refractivity contribution is 6.31. The van der Waals surface area contributed by atoms with Crippen LogP contribution in [0.4, 0.5) is 11.4 Å². The number of carbonyl (C=O) groups excluding carboxylic acids is 2. The van der Waals surface area contributed by atoms with Gasteiger partial charge in [0.15, 0.2) is 0 Å². The number of hydrogen-bond donors (Lipinski definition) is 1. The summed E-state index contributed by atoms with van der Waals surface area (Å²) in [7, 11) is 0. The molecule has 0 unspecified atom stereocenters. The number of rotatable bonds is 6. The first-order valence-corrected chi connectivity index (χ1v) is 12.9. The number of carbonyl (C=O) groups is 2. The Hall–Kier alpha value is -4.29. The van der Waals surface area contributed by atoms with E-state index in [0.29, 0.717) is 35.3 Å². The van der Waals surface area contributed by atoms with E-state index >= 15 is 0 Å². The van der Waals surface area contributed by atoms with E-state index in [1.165, 1.54) is 6.08 Å². The summed E-state index contributed by atoms with van der Waals surface area (Å²) in [6, 6.07) is 26.6. The van der Waals surface area contributed by atoms with E-state index in [4.69, 9.17) is 16.0 Å². The van der Waals surface area contributed by atoms with Crippen molar-refractivity contribution in [1.82, 2.24) is 4.90 Å². The van der Waals surface area contributed by atoms with E-state index in [1.807, 2.05) is 96.8 Å². The predicted octanol–water partition coefficient (Wildman–Crippen LogP) is 6.52. The van der Waals surface area contributed by atoms with Crippen LogP contribution in [0.2, 0.25) is 5.02 Å². The molecule has 1 aliphatic heterocycles. The van der Waals surface area contributed by atoms with E-state index in [-0.39, 0.29) is 11.8 Å². The first-order valence-electron chi connectivity index (χ1n) is 12.5. The standard InChI is InChI=1S/C31H28ClN3O3/c1-22-7-8-24(21-28(22)32)29-15-13-27(38-29)14-16-30(36)33-25-9-11-26(12-10-25)34-17-19-35(20-18-34)31(37)23-5-3-2-4-6-23/h2-16,21H,17-20H2,1H3,(H,33,36)/b16-14+. The summed E-state index contributed by atoms with van der Waals surface area (Å²) in [5.41, 5.74) is 4.37. The molecule has 0 atom stereocenters. The van der Waals surface area contributed by atoms with Crippen LogP contribution < -0.4 is 10.2 Å². The van der Waals surface area contributed by atoms with Gasteiger partial charge in [0.25, 0.3) is 5.91 Å². The van der Waals surface area contributed by atoms with Crippen LogP contribution in [0.3, 0.4) is 0 Å². The van der Waals surface area contributed by atoms with Crippen molar-refractivity contribution < 1.29 is 14.0 Å². The van der Waals surface area contributed by atoms with Crippen molar-refractivity contribution in [3.05, 3.63) is 113 Å². The SMILES string of the molecule is Cc1ccc(-c2ccc(/C=C/C(=O)Nc3ccc(N4CCN(C(=O)c5ccccc5)CC4)cc3)o2)cc1Cl. The van der Waals surface area contributed by atoms with Gasteiger partial charge >= 0.3 is 0 Å². The number of halogens is 1. The van der Waals surface area contributed by atoms with E-state index < -0.39 is 0 Å². The van der Waals surface area contributed by atoms with Crippen molar-refractivity contribution in [2.45, 2.75) is 6.92 Å². The Balaban J connectivity index is 1.13. The number of anilines is 2. The van der Waals surface area contributed by atoms with E-state index in [9.17, 15) is 9.59 Å². The van der Waals surface area contributed by atoms with E-state index in [2.05, 4.69) is 10.2 Å². The first kappa shape index (κ1) is 25.4. The molecule has 1 aromatic heterocycles. The van der Waals surface area contributed by atoms with Crippen LogP contribution in [0, 0.1) is 6.92 Å². The maximum absolute atomic E-state index is 12.7. The molecular formula is C31H28ClN3O3. The fraction of sp³-hybridized carbons (Fsp3) is 0.161. The van der Waals surface area contributed by atoms with Crippen LogP contribution in [0.25, 0.3) is 17.4 Å². The summed E-state index contributed by atoms with van der Waals surface area (Å²) in [5.74, 6) is 1.09. The van der Waals surface area contributed by atoms with Crippen molar-refractivity contribution in [2.24, 2.45) is 0 Å². The molecule has 0 saturated carbocycles. The Morgan fingerprint density at radius 2 is 1.63 bits per heavy atom. The number of furan rings is 1. The van der Waals surface area contributed by atoms with Crippen LogP contribution in [0.5, 0.6) is 0 Å². The fourth-order valence-corrected chi connectivity index (χ4v) is 4.55. The van der Waals surface area contributed by atoms with Gasteiger partial charge in [0.1, 0.15) is 11.5 Å². The van der Waals surface area contributed by atoms with Crippen LogP contribution in [0.1, 0.15) is 21.7 Å². The van der Waals surface area contributed by atoms with Gasteiger partial charge in [-0.2, -0.15) is 0 Å². The quantitative estimate of drug-likeness (QED) is 0.291. The first-order chi connectivity index (χ1) is 18.5. The Morgan fingerprint density at radius 3 is 2.34 bits per heavy atom. The summed E-state index contributed by atoms with van der Waals surface area (Å²) >= 11 is 6.22. The number of piperazine rings is 1. The molecule has 6 nitrogen and oxygen atoms in total. The lowest BCUT2D eigenvalue weighted by atomic mass is 10.1. The Bertz CT molecular complexity index is 1450. The third-order valence-electron chi connectivity index (χ3n) is 6.57. The van der Waals surface area contributed by atoms with E-state index in [1.54, 1.807) is 6.08 Å². The number of benzene rings is 3. The molecule has 1 saturated heterocycles. The van der Waals surface area contributed by atoms with Crippen LogP contribution in [0.15, 0.2) is 95.4 Å². The maximum atomic E-state index is 12.7. The smallest absolute Gasteiger partial charge is 0.253 e. The molecule has 192 valence electrons. The Labute approximate surface area is 227 Å². The molecule has 0 aliphatic carbocycles. The molecule has 0 radical (unpaired) electrons. The second kappa shape index (κ2) is 11.4. The molecule has 3 aromatic carbocycles. The molecular weight excluding hydrogens is 498 g/mol. The maximum Gasteiger partial charge on any atom is 0.253 e. The van der Waals surface area contributed by atoms with Gasteiger partial charge in [0.05, 0.1) is 0 Å². The van der Waals surface area contributed by atoms with Gasteiger partial charge in [-0.05, 0) is 73.2 Å². The highest BCUT2D eigenvalue weighted by Gasteiger charge is 2.22. The Kier molecular flexibility index (Phi) is 7.61. The normalized spacial score (nSPS) is 13.6. The van der Waals surface area contributed by atoms with Crippen LogP contribution in [-0.4, -0.2) is 42.9 Å². The zero-order chi connectivity index (χ0) is 26.5. The molecule has 0 bridgehead atoms. The van der Waals surface area contributed by atoms with Crippen molar-refractivity contribution in [1.29, 1.82) is 0 Å². The van der Waals surface area contributed by atoms with Crippen LogP contribution >= 0.6 is 11.6 Å². The van der Waals surface area contributed by atoms with Gasteiger partial charge in [0, 0.05) is 59.8 Å². The lowest BCUT2D eigenvalue weighted by molar-refractivity contribution is -0.111. The number of hydrogen-bond acceptors (Lipinski definition) is 4. The van der Waals surface area contributed by atoms with Crippen molar-refractivity contribution in [2.75, 3.05) is 36.4 Å². The largest absolute Gasteiger partial charge is 0.457 e. The third kappa shape index (κ3) is 5.98. The second-order valence-electron chi connectivity index (χ2n) is 9.18.